The Labute approximate surface area is 161 Å². The molecule has 3 aromatic rings. The molecule has 3 aromatic carbocycles. The second-order valence-corrected chi connectivity index (χ2v) is 6.27. The predicted octanol–water partition coefficient (Wildman–Crippen LogP) is 4.46. The van der Waals surface area contributed by atoms with Gasteiger partial charge in [-0.05, 0) is 48.4 Å². The number of aryl methyl sites for hydroxylation is 1. The molecule has 0 aromatic heterocycles. The molecular weight excluding hydrogens is 362 g/mol. The molecule has 0 radical (unpaired) electrons. The Balaban J connectivity index is 1.68. The van der Waals surface area contributed by atoms with Gasteiger partial charge in [-0.2, -0.15) is 0 Å². The van der Waals surface area contributed by atoms with Crippen LogP contribution < -0.4 is 10.6 Å². The van der Waals surface area contributed by atoms with E-state index in [2.05, 4.69) is 10.6 Å². The first kappa shape index (κ1) is 19.2. The number of hydrogen-bond acceptors (Lipinski definition) is 2. The summed E-state index contributed by atoms with van der Waals surface area (Å²) < 4.78 is 26.3. The predicted molar refractivity (Wildman–Crippen MR) is 103 cm³/mol. The lowest BCUT2D eigenvalue weighted by Gasteiger charge is -2.09. The fraction of sp³-hybridized carbons (Fsp3) is 0.0909. The maximum Gasteiger partial charge on any atom is 0.255 e. The van der Waals surface area contributed by atoms with Gasteiger partial charge in [0.05, 0.1) is 0 Å². The van der Waals surface area contributed by atoms with Crippen molar-refractivity contribution in [2.24, 2.45) is 0 Å². The highest BCUT2D eigenvalue weighted by Gasteiger charge is 2.12. The van der Waals surface area contributed by atoms with Crippen molar-refractivity contribution in [1.82, 2.24) is 5.32 Å². The molecule has 3 rings (SSSR count). The van der Waals surface area contributed by atoms with Gasteiger partial charge in [0.15, 0.2) is 11.6 Å². The van der Waals surface area contributed by atoms with E-state index in [1.54, 1.807) is 12.1 Å². The average molecular weight is 380 g/mol. The van der Waals surface area contributed by atoms with Crippen LogP contribution in [0.3, 0.4) is 0 Å². The fourth-order valence-electron chi connectivity index (χ4n) is 2.66. The third-order valence-electron chi connectivity index (χ3n) is 4.27. The van der Waals surface area contributed by atoms with Gasteiger partial charge in [0.1, 0.15) is 0 Å². The Morgan fingerprint density at radius 2 is 1.54 bits per heavy atom. The molecule has 0 spiro atoms. The van der Waals surface area contributed by atoms with Crippen molar-refractivity contribution < 1.29 is 18.4 Å². The highest BCUT2D eigenvalue weighted by molar-refractivity contribution is 6.06. The summed E-state index contributed by atoms with van der Waals surface area (Å²) in [5, 5.41) is 5.30. The number of nitrogens with one attached hydrogen (secondary N) is 2. The van der Waals surface area contributed by atoms with Crippen LogP contribution in [0, 0.1) is 18.6 Å². The second-order valence-electron chi connectivity index (χ2n) is 6.27. The van der Waals surface area contributed by atoms with Gasteiger partial charge in [-0.3, -0.25) is 9.59 Å². The lowest BCUT2D eigenvalue weighted by molar-refractivity contribution is 0.0951. The van der Waals surface area contributed by atoms with Crippen molar-refractivity contribution in [3.8, 4) is 0 Å². The summed E-state index contributed by atoms with van der Waals surface area (Å²) in [7, 11) is 0. The molecule has 0 saturated carbocycles. The highest BCUT2D eigenvalue weighted by atomic mass is 19.2. The van der Waals surface area contributed by atoms with Gasteiger partial charge >= 0.3 is 0 Å². The molecule has 0 aliphatic heterocycles. The number of carbonyl (C=O) groups is 2. The maximum atomic E-state index is 13.3. The summed E-state index contributed by atoms with van der Waals surface area (Å²) >= 11 is 0. The van der Waals surface area contributed by atoms with Gasteiger partial charge in [-0.1, -0.05) is 30.3 Å². The minimum atomic E-state index is -1.05. The zero-order valence-electron chi connectivity index (χ0n) is 15.1. The molecule has 0 aliphatic carbocycles. The Hall–Kier alpha value is -3.54. The number of halogens is 2. The molecular formula is C22H18F2N2O2. The Morgan fingerprint density at radius 1 is 0.821 bits per heavy atom. The SMILES string of the molecule is Cc1ccccc1CNC(=O)c1cccc(C(=O)Nc2ccc(F)c(F)c2)c1. The van der Waals surface area contributed by atoms with Crippen LogP contribution in [0.4, 0.5) is 14.5 Å². The summed E-state index contributed by atoms with van der Waals surface area (Å²) in [6, 6.07) is 17.0. The summed E-state index contributed by atoms with van der Waals surface area (Å²) in [6.07, 6.45) is 0. The zero-order chi connectivity index (χ0) is 20.1. The molecule has 4 nitrogen and oxygen atoms in total. The van der Waals surface area contributed by atoms with Gasteiger partial charge in [0.2, 0.25) is 0 Å². The van der Waals surface area contributed by atoms with Crippen molar-refractivity contribution >= 4 is 17.5 Å². The number of benzene rings is 3. The molecule has 142 valence electrons. The van der Waals surface area contributed by atoms with Gasteiger partial charge in [-0.25, -0.2) is 8.78 Å². The standard InChI is InChI=1S/C22H18F2N2O2/c1-14-5-2-3-6-17(14)13-25-21(27)15-7-4-8-16(11-15)22(28)26-18-9-10-19(23)20(24)12-18/h2-12H,13H2,1H3,(H,25,27)(H,26,28). The zero-order valence-corrected chi connectivity index (χ0v) is 15.1. The topological polar surface area (TPSA) is 58.2 Å². The minimum absolute atomic E-state index is 0.123. The molecule has 0 heterocycles. The molecule has 2 amide bonds. The van der Waals surface area contributed by atoms with E-state index in [4.69, 9.17) is 0 Å². The van der Waals surface area contributed by atoms with Crippen LogP contribution in [0.25, 0.3) is 0 Å². The van der Waals surface area contributed by atoms with E-state index in [-0.39, 0.29) is 17.2 Å². The lowest BCUT2D eigenvalue weighted by Crippen LogP contribution is -2.23. The Kier molecular flexibility index (Phi) is 5.79. The van der Waals surface area contributed by atoms with Crippen molar-refractivity contribution in [3.05, 3.63) is 101 Å². The molecule has 0 fully saturated rings. The van der Waals surface area contributed by atoms with Gasteiger partial charge in [-0.15, -0.1) is 0 Å². The quantitative estimate of drug-likeness (QED) is 0.687. The molecule has 0 saturated heterocycles. The van der Waals surface area contributed by atoms with Crippen molar-refractivity contribution in [3.63, 3.8) is 0 Å². The van der Waals surface area contributed by atoms with Crippen molar-refractivity contribution in [1.29, 1.82) is 0 Å². The first-order valence-electron chi connectivity index (χ1n) is 8.63. The van der Waals surface area contributed by atoms with Gasteiger partial charge < -0.3 is 10.6 Å². The number of amides is 2. The smallest absolute Gasteiger partial charge is 0.255 e. The molecule has 2 N–H and O–H groups in total. The largest absolute Gasteiger partial charge is 0.348 e. The number of carbonyl (C=O) groups excluding carboxylic acids is 2. The van der Waals surface area contributed by atoms with Crippen LogP contribution in [0.5, 0.6) is 0 Å². The van der Waals surface area contributed by atoms with E-state index in [9.17, 15) is 18.4 Å². The maximum absolute atomic E-state index is 13.3. The molecule has 0 aliphatic rings. The van der Waals surface area contributed by atoms with E-state index in [0.29, 0.717) is 12.1 Å². The average Bonchev–Trinajstić information content (AvgIpc) is 2.70. The summed E-state index contributed by atoms with van der Waals surface area (Å²) in [4.78, 5) is 24.8. The van der Waals surface area contributed by atoms with Gasteiger partial charge in [0.25, 0.3) is 11.8 Å². The van der Waals surface area contributed by atoms with E-state index in [1.165, 1.54) is 18.2 Å². The molecule has 6 heteroatoms. The summed E-state index contributed by atoms with van der Waals surface area (Å²) in [6.45, 7) is 2.33. The van der Waals surface area contributed by atoms with Crippen LogP contribution in [0.15, 0.2) is 66.7 Å². The molecule has 28 heavy (non-hydrogen) atoms. The molecule has 0 bridgehead atoms. The first-order valence-corrected chi connectivity index (χ1v) is 8.63. The van der Waals surface area contributed by atoms with Crippen LogP contribution in [-0.2, 0) is 6.54 Å². The number of hydrogen-bond donors (Lipinski definition) is 2. The first-order chi connectivity index (χ1) is 13.4. The van der Waals surface area contributed by atoms with E-state index in [0.717, 1.165) is 23.3 Å². The molecule has 0 atom stereocenters. The fourth-order valence-corrected chi connectivity index (χ4v) is 2.66. The third kappa shape index (κ3) is 4.59. The van der Waals surface area contributed by atoms with E-state index < -0.39 is 17.5 Å². The number of rotatable bonds is 5. The Morgan fingerprint density at radius 3 is 2.25 bits per heavy atom. The van der Waals surface area contributed by atoms with Crippen LogP contribution in [0.1, 0.15) is 31.8 Å². The van der Waals surface area contributed by atoms with E-state index >= 15 is 0 Å². The molecule has 0 unspecified atom stereocenters. The van der Waals surface area contributed by atoms with Crippen molar-refractivity contribution in [2.45, 2.75) is 13.5 Å². The van der Waals surface area contributed by atoms with Gasteiger partial charge in [0, 0.05) is 29.4 Å². The second kappa shape index (κ2) is 8.43. The van der Waals surface area contributed by atoms with Crippen LogP contribution in [-0.4, -0.2) is 11.8 Å². The van der Waals surface area contributed by atoms with Crippen molar-refractivity contribution in [2.75, 3.05) is 5.32 Å². The highest BCUT2D eigenvalue weighted by Crippen LogP contribution is 2.15. The van der Waals surface area contributed by atoms with Crippen LogP contribution >= 0.6 is 0 Å². The summed E-state index contributed by atoms with van der Waals surface area (Å²) in [5.41, 5.74) is 2.75. The van der Waals surface area contributed by atoms with E-state index in [1.807, 2.05) is 31.2 Å². The third-order valence-corrected chi connectivity index (χ3v) is 4.27. The summed E-state index contributed by atoms with van der Waals surface area (Å²) in [5.74, 6) is -2.89. The van der Waals surface area contributed by atoms with Crippen LogP contribution in [0.2, 0.25) is 0 Å². The lowest BCUT2D eigenvalue weighted by atomic mass is 10.1. The Bertz CT molecular complexity index is 1030. The normalized spacial score (nSPS) is 10.4. The minimum Gasteiger partial charge on any atom is -0.348 e. The monoisotopic (exact) mass is 380 g/mol. The number of anilines is 1.